The molecule has 2 aromatic carbocycles. The third kappa shape index (κ3) is 5.94. The van der Waals surface area contributed by atoms with E-state index < -0.39 is 5.79 Å². The number of nitrogens with one attached hydrogen (secondary N) is 1. The Morgan fingerprint density at radius 2 is 1.75 bits per heavy atom. The molecule has 0 amide bonds. The third-order valence-corrected chi connectivity index (χ3v) is 4.94. The van der Waals surface area contributed by atoms with Crippen molar-refractivity contribution in [3.8, 4) is 11.8 Å². The topological polar surface area (TPSA) is 30.5 Å². The van der Waals surface area contributed by atoms with Gasteiger partial charge in [0.1, 0.15) is 6.10 Å². The Labute approximate surface area is 169 Å². The summed E-state index contributed by atoms with van der Waals surface area (Å²) < 4.78 is 12.3. The summed E-state index contributed by atoms with van der Waals surface area (Å²) in [6, 6.07) is 20.7. The molecular formula is C25H31NO2. The van der Waals surface area contributed by atoms with Crippen LogP contribution in [0.5, 0.6) is 0 Å². The molecule has 1 aliphatic heterocycles. The highest BCUT2D eigenvalue weighted by Gasteiger charge is 2.38. The zero-order valence-electron chi connectivity index (χ0n) is 17.2. The lowest BCUT2D eigenvalue weighted by Gasteiger charge is -2.42. The van der Waals surface area contributed by atoms with Crippen LogP contribution in [0, 0.1) is 11.8 Å². The fourth-order valence-electron chi connectivity index (χ4n) is 3.43. The van der Waals surface area contributed by atoms with Gasteiger partial charge in [0, 0.05) is 5.56 Å². The van der Waals surface area contributed by atoms with Crippen molar-refractivity contribution in [3.05, 3.63) is 71.8 Å². The Bertz CT molecular complexity index is 776. The van der Waals surface area contributed by atoms with Crippen molar-refractivity contribution in [2.75, 3.05) is 6.61 Å². The lowest BCUT2D eigenvalue weighted by Crippen LogP contribution is -2.52. The van der Waals surface area contributed by atoms with Crippen LogP contribution in [0.4, 0.5) is 0 Å². The summed E-state index contributed by atoms with van der Waals surface area (Å²) >= 11 is 0. The van der Waals surface area contributed by atoms with E-state index >= 15 is 0 Å². The lowest BCUT2D eigenvalue weighted by atomic mass is 9.99. The second-order valence-corrected chi connectivity index (χ2v) is 7.76. The number of benzene rings is 2. The summed E-state index contributed by atoms with van der Waals surface area (Å²) in [6.07, 6.45) is 3.24. The van der Waals surface area contributed by atoms with Crippen LogP contribution < -0.4 is 5.32 Å². The van der Waals surface area contributed by atoms with Crippen molar-refractivity contribution < 1.29 is 9.47 Å². The SMILES string of the molecule is CCCC[C@H](C#Cc1ccccc1)N[C@@H]1COC(C)(C)O[C@@H]1c1ccccc1. The third-order valence-electron chi connectivity index (χ3n) is 4.94. The monoisotopic (exact) mass is 377 g/mol. The molecule has 0 unspecified atom stereocenters. The molecule has 0 saturated carbocycles. The molecule has 28 heavy (non-hydrogen) atoms. The number of hydrogen-bond acceptors (Lipinski definition) is 3. The first-order valence-corrected chi connectivity index (χ1v) is 10.3. The molecular weight excluding hydrogens is 346 g/mol. The zero-order chi connectivity index (χ0) is 19.8. The maximum atomic E-state index is 6.31. The van der Waals surface area contributed by atoms with Crippen molar-refractivity contribution in [3.63, 3.8) is 0 Å². The van der Waals surface area contributed by atoms with E-state index in [9.17, 15) is 0 Å². The highest BCUT2D eigenvalue weighted by molar-refractivity contribution is 5.35. The van der Waals surface area contributed by atoms with E-state index in [1.807, 2.05) is 50.2 Å². The largest absolute Gasteiger partial charge is 0.349 e. The van der Waals surface area contributed by atoms with Crippen LogP contribution in [0.3, 0.4) is 0 Å². The summed E-state index contributed by atoms with van der Waals surface area (Å²) in [7, 11) is 0. The van der Waals surface area contributed by atoms with Gasteiger partial charge >= 0.3 is 0 Å². The van der Waals surface area contributed by atoms with E-state index in [-0.39, 0.29) is 18.2 Å². The average Bonchev–Trinajstić information content (AvgIpc) is 2.72. The molecule has 1 N–H and O–H groups in total. The molecule has 3 nitrogen and oxygen atoms in total. The second kappa shape index (κ2) is 9.89. The zero-order valence-corrected chi connectivity index (χ0v) is 17.2. The number of hydrogen-bond donors (Lipinski definition) is 1. The number of unbranched alkanes of at least 4 members (excludes halogenated alkanes) is 1. The first kappa shape index (κ1) is 20.6. The average molecular weight is 378 g/mol. The minimum Gasteiger partial charge on any atom is -0.349 e. The van der Waals surface area contributed by atoms with Crippen molar-refractivity contribution >= 4 is 0 Å². The molecule has 0 spiro atoms. The van der Waals surface area contributed by atoms with Crippen molar-refractivity contribution in [1.82, 2.24) is 5.32 Å². The van der Waals surface area contributed by atoms with Gasteiger partial charge in [-0.05, 0) is 38.0 Å². The minimum atomic E-state index is -0.590. The van der Waals surface area contributed by atoms with Gasteiger partial charge in [-0.1, -0.05) is 80.1 Å². The molecule has 1 heterocycles. The Balaban J connectivity index is 1.78. The van der Waals surface area contributed by atoms with Gasteiger partial charge in [0.05, 0.1) is 18.7 Å². The van der Waals surface area contributed by atoms with E-state index in [0.717, 1.165) is 24.8 Å². The molecule has 3 heteroatoms. The summed E-state index contributed by atoms with van der Waals surface area (Å²) in [6.45, 7) is 6.76. The molecule has 0 radical (unpaired) electrons. The minimum absolute atomic E-state index is 0.0577. The molecule has 1 saturated heterocycles. The molecule has 2 aromatic rings. The van der Waals surface area contributed by atoms with Gasteiger partial charge in [-0.3, -0.25) is 5.32 Å². The van der Waals surface area contributed by atoms with Crippen LogP contribution in [-0.2, 0) is 9.47 Å². The molecule has 1 aliphatic rings. The van der Waals surface area contributed by atoms with Gasteiger partial charge in [0.15, 0.2) is 5.79 Å². The molecule has 0 aromatic heterocycles. The molecule has 0 aliphatic carbocycles. The fraction of sp³-hybridized carbons (Fsp3) is 0.440. The Kier molecular flexibility index (Phi) is 7.28. The molecule has 1 fully saturated rings. The second-order valence-electron chi connectivity index (χ2n) is 7.76. The first-order valence-electron chi connectivity index (χ1n) is 10.3. The van der Waals surface area contributed by atoms with E-state index in [2.05, 4.69) is 48.3 Å². The van der Waals surface area contributed by atoms with Gasteiger partial charge in [0.2, 0.25) is 0 Å². The molecule has 0 bridgehead atoms. The quantitative estimate of drug-likeness (QED) is 0.712. The van der Waals surface area contributed by atoms with Crippen LogP contribution in [0.1, 0.15) is 57.3 Å². The Morgan fingerprint density at radius 3 is 2.43 bits per heavy atom. The van der Waals surface area contributed by atoms with E-state index in [1.54, 1.807) is 0 Å². The molecule has 3 atom stereocenters. The van der Waals surface area contributed by atoms with Crippen molar-refractivity contribution in [1.29, 1.82) is 0 Å². The van der Waals surface area contributed by atoms with Crippen molar-refractivity contribution in [2.24, 2.45) is 0 Å². The lowest BCUT2D eigenvalue weighted by molar-refractivity contribution is -0.285. The maximum Gasteiger partial charge on any atom is 0.163 e. The van der Waals surface area contributed by atoms with Crippen LogP contribution in [0.25, 0.3) is 0 Å². The van der Waals surface area contributed by atoms with E-state index in [4.69, 9.17) is 9.47 Å². The highest BCUT2D eigenvalue weighted by atomic mass is 16.7. The number of rotatable bonds is 6. The maximum absolute atomic E-state index is 6.31. The highest BCUT2D eigenvalue weighted by Crippen LogP contribution is 2.33. The van der Waals surface area contributed by atoms with E-state index in [1.165, 1.54) is 5.56 Å². The Hall–Kier alpha value is -2.12. The first-order chi connectivity index (χ1) is 13.6. The van der Waals surface area contributed by atoms with Gasteiger partial charge in [0.25, 0.3) is 0 Å². The van der Waals surface area contributed by atoms with Gasteiger partial charge in [-0.25, -0.2) is 0 Å². The summed E-state index contributed by atoms with van der Waals surface area (Å²) in [5, 5.41) is 3.72. The summed E-state index contributed by atoms with van der Waals surface area (Å²) in [5.74, 6) is 6.17. The van der Waals surface area contributed by atoms with Crippen LogP contribution >= 0.6 is 0 Å². The van der Waals surface area contributed by atoms with Crippen LogP contribution in [0.2, 0.25) is 0 Å². The number of ether oxygens (including phenoxy) is 2. The van der Waals surface area contributed by atoms with Crippen LogP contribution in [0.15, 0.2) is 60.7 Å². The van der Waals surface area contributed by atoms with Gasteiger partial charge < -0.3 is 9.47 Å². The smallest absolute Gasteiger partial charge is 0.163 e. The van der Waals surface area contributed by atoms with Crippen LogP contribution in [-0.4, -0.2) is 24.5 Å². The summed E-state index contributed by atoms with van der Waals surface area (Å²) in [4.78, 5) is 0. The molecule has 148 valence electrons. The van der Waals surface area contributed by atoms with Gasteiger partial charge in [-0.2, -0.15) is 0 Å². The van der Waals surface area contributed by atoms with Gasteiger partial charge in [-0.15, -0.1) is 0 Å². The van der Waals surface area contributed by atoms with E-state index in [0.29, 0.717) is 6.61 Å². The predicted octanol–water partition coefficient (Wildman–Crippen LogP) is 5.08. The summed E-state index contributed by atoms with van der Waals surface area (Å²) in [5.41, 5.74) is 2.21. The van der Waals surface area contributed by atoms with Crippen molar-refractivity contribution in [2.45, 2.75) is 64.0 Å². The Morgan fingerprint density at radius 1 is 1.07 bits per heavy atom. The fourth-order valence-corrected chi connectivity index (χ4v) is 3.43. The molecule has 3 rings (SSSR count). The standard InChI is InChI=1S/C25H31NO2/c1-4-5-16-22(18-17-20-12-8-6-9-13-20)26-23-19-27-25(2,3)28-24(23)21-14-10-7-11-15-21/h6-15,22-24,26H,4-5,16,19H2,1-3H3/t22-,23-,24-/m1/s1. The normalized spacial score (nSPS) is 22.1. The predicted molar refractivity (Wildman–Crippen MR) is 114 cm³/mol.